The van der Waals surface area contributed by atoms with Gasteiger partial charge in [-0.2, -0.15) is 0 Å². The molecular weight excluding hydrogens is 384 g/mol. The summed E-state index contributed by atoms with van der Waals surface area (Å²) in [6.45, 7) is 4.69. The smallest absolute Gasteiger partial charge is 0.331 e. The molecule has 7 heteroatoms. The van der Waals surface area contributed by atoms with E-state index in [0.29, 0.717) is 4.88 Å². The lowest BCUT2D eigenvalue weighted by atomic mass is 9.69. The number of ketones is 1. The van der Waals surface area contributed by atoms with Crippen LogP contribution < -0.4 is 0 Å². The highest BCUT2D eigenvalue weighted by Gasteiger charge is 2.48. The first-order valence-corrected chi connectivity index (χ1v) is 8.38. The zero-order chi connectivity index (χ0) is 17.8. The molecule has 124 valence electrons. The molecule has 0 aromatic carbocycles. The van der Waals surface area contributed by atoms with Crippen LogP contribution >= 0.6 is 27.3 Å². The Morgan fingerprint density at radius 3 is 2.22 bits per heavy atom. The van der Waals surface area contributed by atoms with Gasteiger partial charge in [0, 0.05) is 26.2 Å². The van der Waals surface area contributed by atoms with Gasteiger partial charge >= 0.3 is 11.9 Å². The number of carboxylic acids is 2. The number of halogens is 1. The molecule has 0 saturated heterocycles. The average molecular weight is 401 g/mol. The van der Waals surface area contributed by atoms with Crippen molar-refractivity contribution in [3.63, 3.8) is 0 Å². The molecule has 1 heterocycles. The van der Waals surface area contributed by atoms with Crippen LogP contribution in [0.1, 0.15) is 25.6 Å². The first-order chi connectivity index (χ1) is 10.6. The second kappa shape index (κ2) is 7.70. The van der Waals surface area contributed by atoms with Gasteiger partial charge < -0.3 is 15.0 Å². The van der Waals surface area contributed by atoms with Gasteiger partial charge in [-0.1, -0.05) is 25.2 Å². The molecule has 2 unspecified atom stereocenters. The molecule has 2 N–H and O–H groups in total. The predicted octanol–water partition coefficient (Wildman–Crippen LogP) is 3.65. The summed E-state index contributed by atoms with van der Waals surface area (Å²) >= 11 is 4.60. The zero-order valence-electron chi connectivity index (χ0n) is 12.9. The highest BCUT2D eigenvalue weighted by atomic mass is 79.9. The summed E-state index contributed by atoms with van der Waals surface area (Å²) in [4.78, 5) is 33.1. The summed E-state index contributed by atoms with van der Waals surface area (Å²) in [7, 11) is 0. The van der Waals surface area contributed by atoms with E-state index in [9.17, 15) is 24.6 Å². The molecule has 23 heavy (non-hydrogen) atoms. The van der Waals surface area contributed by atoms with Crippen LogP contribution in [0.4, 0.5) is 0 Å². The number of hydrogen-bond donors (Lipinski definition) is 2. The minimum atomic E-state index is -1.32. The normalized spacial score (nSPS) is 22.6. The lowest BCUT2D eigenvalue weighted by Gasteiger charge is -2.34. The fourth-order valence-electron chi connectivity index (χ4n) is 2.28. The van der Waals surface area contributed by atoms with Gasteiger partial charge in [0.25, 0.3) is 0 Å². The largest absolute Gasteiger partial charge is 0.480 e. The molecule has 2 rings (SSSR count). The Kier molecular flexibility index (Phi) is 6.47. The SMILES string of the molecule is CC(C)=O.CC1C(C(=O)O)=CC=CC1(C(=O)O)c1cc(Br)cs1. The van der Waals surface area contributed by atoms with Crippen LogP contribution in [0.25, 0.3) is 0 Å². The number of Topliss-reactive ketones (excluding diaryl/α,β-unsaturated/α-hetero) is 1. The number of aliphatic carboxylic acids is 2. The number of carbonyl (C=O) groups is 3. The van der Waals surface area contributed by atoms with Gasteiger partial charge in [0.2, 0.25) is 0 Å². The number of carboxylic acid groups (broad SMARTS) is 2. The first-order valence-electron chi connectivity index (χ1n) is 6.70. The third kappa shape index (κ3) is 4.17. The fraction of sp³-hybridized carbons (Fsp3) is 0.312. The Balaban J connectivity index is 0.000000593. The second-order valence-corrected chi connectivity index (χ2v) is 7.05. The quantitative estimate of drug-likeness (QED) is 0.807. The minimum Gasteiger partial charge on any atom is -0.480 e. The standard InChI is InChI=1S/C13H11BrO4S.C3H6O/c1-7-9(11(15)16)3-2-4-13(7,12(17)18)10-5-8(14)6-19-10;1-3(2)4/h2-7H,1H3,(H,15,16)(H,17,18);1-2H3. The molecule has 1 aromatic heterocycles. The van der Waals surface area contributed by atoms with Gasteiger partial charge in [-0.3, -0.25) is 4.79 Å². The van der Waals surface area contributed by atoms with Gasteiger partial charge in [0.05, 0.1) is 0 Å². The van der Waals surface area contributed by atoms with E-state index in [0.717, 1.165) is 4.47 Å². The molecule has 2 atom stereocenters. The summed E-state index contributed by atoms with van der Waals surface area (Å²) in [6.07, 6.45) is 4.52. The van der Waals surface area contributed by atoms with Crippen molar-refractivity contribution in [3.05, 3.63) is 44.6 Å². The average Bonchev–Trinajstić information content (AvgIpc) is 2.84. The molecule has 5 nitrogen and oxygen atoms in total. The molecule has 0 amide bonds. The summed E-state index contributed by atoms with van der Waals surface area (Å²) < 4.78 is 0.792. The van der Waals surface area contributed by atoms with Gasteiger partial charge in [-0.25, -0.2) is 4.79 Å². The van der Waals surface area contributed by atoms with E-state index in [1.165, 1.54) is 37.3 Å². The monoisotopic (exact) mass is 400 g/mol. The van der Waals surface area contributed by atoms with Crippen molar-refractivity contribution in [2.24, 2.45) is 5.92 Å². The number of rotatable bonds is 3. The van der Waals surface area contributed by atoms with Crippen LogP contribution in [0.2, 0.25) is 0 Å². The lowest BCUT2D eigenvalue weighted by molar-refractivity contribution is -0.143. The van der Waals surface area contributed by atoms with Crippen molar-refractivity contribution in [2.45, 2.75) is 26.2 Å². The van der Waals surface area contributed by atoms with Crippen LogP contribution in [-0.4, -0.2) is 27.9 Å². The van der Waals surface area contributed by atoms with Crippen LogP contribution in [-0.2, 0) is 19.8 Å². The fourth-order valence-corrected chi connectivity index (χ4v) is 3.97. The topological polar surface area (TPSA) is 91.7 Å². The Morgan fingerprint density at radius 2 is 1.83 bits per heavy atom. The Morgan fingerprint density at radius 1 is 1.26 bits per heavy atom. The first kappa shape index (κ1) is 19.3. The van der Waals surface area contributed by atoms with Crippen molar-refractivity contribution in [3.8, 4) is 0 Å². The Bertz CT molecular complexity index is 684. The number of carbonyl (C=O) groups excluding carboxylic acids is 1. The van der Waals surface area contributed by atoms with Crippen LogP contribution in [0.3, 0.4) is 0 Å². The van der Waals surface area contributed by atoms with Crippen molar-refractivity contribution >= 4 is 45.0 Å². The molecule has 1 aliphatic rings. The van der Waals surface area contributed by atoms with Crippen molar-refractivity contribution in [1.29, 1.82) is 0 Å². The molecular formula is C16H17BrO5S. The number of hydrogen-bond acceptors (Lipinski definition) is 4. The molecule has 0 aliphatic heterocycles. The number of thiophene rings is 1. The summed E-state index contributed by atoms with van der Waals surface area (Å²) in [6, 6.07) is 1.73. The highest BCUT2D eigenvalue weighted by Crippen LogP contribution is 2.44. The molecule has 0 fully saturated rings. The lowest BCUT2D eigenvalue weighted by Crippen LogP contribution is -2.42. The molecule has 0 spiro atoms. The van der Waals surface area contributed by atoms with Gasteiger partial charge in [0.1, 0.15) is 11.2 Å². The van der Waals surface area contributed by atoms with Gasteiger partial charge in [-0.05, 0) is 35.8 Å². The van der Waals surface area contributed by atoms with Crippen LogP contribution in [0.5, 0.6) is 0 Å². The Hall–Kier alpha value is -1.73. The van der Waals surface area contributed by atoms with E-state index in [1.54, 1.807) is 24.4 Å². The molecule has 0 bridgehead atoms. The van der Waals surface area contributed by atoms with E-state index in [1.807, 2.05) is 0 Å². The van der Waals surface area contributed by atoms with E-state index < -0.39 is 23.3 Å². The maximum Gasteiger partial charge on any atom is 0.331 e. The number of allylic oxidation sites excluding steroid dienone is 2. The Labute approximate surface area is 146 Å². The summed E-state index contributed by atoms with van der Waals surface area (Å²) in [5.41, 5.74) is -1.21. The van der Waals surface area contributed by atoms with Crippen molar-refractivity contribution in [2.75, 3.05) is 0 Å². The molecule has 1 aromatic rings. The van der Waals surface area contributed by atoms with Gasteiger partial charge in [-0.15, -0.1) is 11.3 Å². The maximum atomic E-state index is 11.8. The third-order valence-electron chi connectivity index (χ3n) is 3.36. The van der Waals surface area contributed by atoms with Crippen molar-refractivity contribution in [1.82, 2.24) is 0 Å². The summed E-state index contributed by atoms with van der Waals surface area (Å²) in [5.74, 6) is -2.60. The minimum absolute atomic E-state index is 0.106. The zero-order valence-corrected chi connectivity index (χ0v) is 15.3. The molecule has 0 saturated carbocycles. The highest BCUT2D eigenvalue weighted by molar-refractivity contribution is 9.10. The summed E-state index contributed by atoms with van der Waals surface area (Å²) in [5, 5.41) is 20.6. The third-order valence-corrected chi connectivity index (χ3v) is 5.20. The molecule has 1 aliphatic carbocycles. The molecule has 0 radical (unpaired) electrons. The predicted molar refractivity (Wildman–Crippen MR) is 91.7 cm³/mol. The maximum absolute atomic E-state index is 11.8. The van der Waals surface area contributed by atoms with Crippen LogP contribution in [0.15, 0.2) is 39.7 Å². The van der Waals surface area contributed by atoms with E-state index in [4.69, 9.17) is 0 Å². The van der Waals surface area contributed by atoms with E-state index >= 15 is 0 Å². The van der Waals surface area contributed by atoms with E-state index in [2.05, 4.69) is 15.9 Å². The van der Waals surface area contributed by atoms with E-state index in [-0.39, 0.29) is 11.4 Å². The van der Waals surface area contributed by atoms with Crippen LogP contribution in [0, 0.1) is 5.92 Å². The van der Waals surface area contributed by atoms with Gasteiger partial charge in [0.15, 0.2) is 0 Å². The second-order valence-electron chi connectivity index (χ2n) is 5.22. The van der Waals surface area contributed by atoms with Crippen molar-refractivity contribution < 1.29 is 24.6 Å².